The van der Waals surface area contributed by atoms with Crippen LogP contribution in [0.2, 0.25) is 0 Å². The number of hydrogen-bond donors (Lipinski definition) is 1. The van der Waals surface area contributed by atoms with Crippen LogP contribution in [0.4, 0.5) is 0 Å². The first-order valence-corrected chi connectivity index (χ1v) is 5.40. The number of aromatic nitrogens is 5. The highest BCUT2D eigenvalue weighted by molar-refractivity contribution is 9.10. The molecule has 0 saturated carbocycles. The lowest BCUT2D eigenvalue weighted by atomic mass is 10.2. The van der Waals surface area contributed by atoms with Crippen molar-refractivity contribution in [2.45, 2.75) is 13.0 Å². The Morgan fingerprint density at radius 2 is 2.12 bits per heavy atom. The van der Waals surface area contributed by atoms with E-state index in [0.717, 1.165) is 5.69 Å². The Balaban J connectivity index is 2.39. The van der Waals surface area contributed by atoms with Gasteiger partial charge in [-0.2, -0.15) is 0 Å². The van der Waals surface area contributed by atoms with Crippen LogP contribution in [0.3, 0.4) is 0 Å². The number of rotatable bonds is 2. The lowest BCUT2D eigenvalue weighted by Crippen LogP contribution is -2.09. The van der Waals surface area contributed by atoms with Crippen LogP contribution in [-0.4, -0.2) is 30.1 Å². The van der Waals surface area contributed by atoms with Crippen molar-refractivity contribution in [3.8, 4) is 0 Å². The quantitative estimate of drug-likeness (QED) is 0.881. The average molecular weight is 284 g/mol. The van der Waals surface area contributed by atoms with Crippen molar-refractivity contribution in [1.82, 2.24) is 25.0 Å². The van der Waals surface area contributed by atoms with Crippen LogP contribution in [0.5, 0.6) is 0 Å². The number of nitrogens with zero attached hydrogens (tertiary/aromatic N) is 5. The molecule has 0 saturated heterocycles. The molecule has 1 unspecified atom stereocenters. The summed E-state index contributed by atoms with van der Waals surface area (Å²) in [5.41, 5.74) is 1.83. The number of hydrogen-bond acceptors (Lipinski definition) is 5. The third-order valence-electron chi connectivity index (χ3n) is 2.17. The number of aryl methyl sites for hydroxylation is 2. The fourth-order valence-electron chi connectivity index (χ4n) is 1.31. The van der Waals surface area contributed by atoms with E-state index in [-0.39, 0.29) is 0 Å². The molecule has 2 heterocycles. The minimum Gasteiger partial charge on any atom is -0.380 e. The summed E-state index contributed by atoms with van der Waals surface area (Å²) in [5, 5.41) is 17.7. The van der Waals surface area contributed by atoms with Gasteiger partial charge >= 0.3 is 0 Å². The molecule has 2 rings (SSSR count). The van der Waals surface area contributed by atoms with Gasteiger partial charge in [0, 0.05) is 13.2 Å². The highest BCUT2D eigenvalue weighted by atomic mass is 79.9. The van der Waals surface area contributed by atoms with Crippen molar-refractivity contribution in [2.75, 3.05) is 0 Å². The minimum atomic E-state index is -0.887. The highest BCUT2D eigenvalue weighted by Gasteiger charge is 2.20. The third-order valence-corrected chi connectivity index (χ3v) is 2.73. The molecule has 0 aliphatic heterocycles. The fourth-order valence-corrected chi connectivity index (χ4v) is 1.86. The Hall–Kier alpha value is -1.34. The highest BCUT2D eigenvalue weighted by Crippen LogP contribution is 2.24. The van der Waals surface area contributed by atoms with Gasteiger partial charge in [0.2, 0.25) is 0 Å². The van der Waals surface area contributed by atoms with Gasteiger partial charge < -0.3 is 5.11 Å². The summed E-state index contributed by atoms with van der Waals surface area (Å²) in [6.45, 7) is 1.84. The Morgan fingerprint density at radius 1 is 1.38 bits per heavy atom. The van der Waals surface area contributed by atoms with E-state index in [9.17, 15) is 5.11 Å². The molecular weight excluding hydrogens is 274 g/mol. The lowest BCUT2D eigenvalue weighted by Gasteiger charge is -2.09. The predicted octanol–water partition coefficient (Wildman–Crippen LogP) is 0.758. The van der Waals surface area contributed by atoms with Crippen molar-refractivity contribution in [1.29, 1.82) is 0 Å². The lowest BCUT2D eigenvalue weighted by molar-refractivity contribution is 0.203. The van der Waals surface area contributed by atoms with Crippen LogP contribution in [0.25, 0.3) is 0 Å². The molecule has 7 heteroatoms. The SMILES string of the molecule is Cc1cnc(C(O)c2c(Br)nnn2C)cn1. The molecule has 0 aliphatic rings. The molecule has 0 fully saturated rings. The second-order valence-electron chi connectivity index (χ2n) is 3.37. The van der Waals surface area contributed by atoms with Gasteiger partial charge in [-0.15, -0.1) is 5.10 Å². The summed E-state index contributed by atoms with van der Waals surface area (Å²) in [6, 6.07) is 0. The van der Waals surface area contributed by atoms with E-state index in [1.807, 2.05) is 6.92 Å². The third kappa shape index (κ3) is 1.96. The molecule has 0 bridgehead atoms. The van der Waals surface area contributed by atoms with Gasteiger partial charge in [-0.3, -0.25) is 9.97 Å². The summed E-state index contributed by atoms with van der Waals surface area (Å²) >= 11 is 3.23. The first kappa shape index (κ1) is 11.2. The summed E-state index contributed by atoms with van der Waals surface area (Å²) in [4.78, 5) is 8.20. The van der Waals surface area contributed by atoms with E-state index in [0.29, 0.717) is 16.0 Å². The smallest absolute Gasteiger partial charge is 0.154 e. The second kappa shape index (κ2) is 4.26. The molecule has 1 atom stereocenters. The van der Waals surface area contributed by atoms with E-state index in [1.54, 1.807) is 19.4 Å². The zero-order chi connectivity index (χ0) is 11.7. The van der Waals surface area contributed by atoms with E-state index in [4.69, 9.17) is 0 Å². The standard InChI is InChI=1S/C9H10BrN5O/c1-5-3-12-6(4-11-5)8(16)7-9(10)13-14-15(7)2/h3-4,8,16H,1-2H3. The molecule has 2 aromatic rings. The molecule has 84 valence electrons. The molecule has 6 nitrogen and oxygen atoms in total. The maximum absolute atomic E-state index is 10.1. The van der Waals surface area contributed by atoms with Crippen molar-refractivity contribution >= 4 is 15.9 Å². The van der Waals surface area contributed by atoms with Crippen LogP contribution in [-0.2, 0) is 7.05 Å². The number of halogens is 1. The second-order valence-corrected chi connectivity index (χ2v) is 4.13. The molecular formula is C9H10BrN5O. The van der Waals surface area contributed by atoms with E-state index in [1.165, 1.54) is 4.68 Å². The van der Waals surface area contributed by atoms with Crippen LogP contribution >= 0.6 is 15.9 Å². The maximum atomic E-state index is 10.1. The Labute approximate surface area is 100 Å². The molecule has 0 aliphatic carbocycles. The van der Waals surface area contributed by atoms with Crippen LogP contribution < -0.4 is 0 Å². The molecule has 16 heavy (non-hydrogen) atoms. The monoisotopic (exact) mass is 283 g/mol. The Bertz CT molecular complexity index is 476. The zero-order valence-electron chi connectivity index (χ0n) is 8.79. The van der Waals surface area contributed by atoms with Gasteiger partial charge in [-0.1, -0.05) is 5.21 Å². The molecule has 0 aromatic carbocycles. The van der Waals surface area contributed by atoms with E-state index in [2.05, 4.69) is 36.2 Å². The molecule has 2 aromatic heterocycles. The molecule has 1 N–H and O–H groups in total. The number of aliphatic hydroxyl groups excluding tert-OH is 1. The van der Waals surface area contributed by atoms with Gasteiger partial charge in [0.25, 0.3) is 0 Å². The summed E-state index contributed by atoms with van der Waals surface area (Å²) < 4.78 is 2.00. The molecule has 0 amide bonds. The van der Waals surface area contributed by atoms with Gasteiger partial charge in [0.1, 0.15) is 11.8 Å². The van der Waals surface area contributed by atoms with Crippen LogP contribution in [0.1, 0.15) is 23.2 Å². The predicted molar refractivity (Wildman–Crippen MR) is 59.5 cm³/mol. The van der Waals surface area contributed by atoms with Gasteiger partial charge in [0.15, 0.2) is 4.60 Å². The first-order chi connectivity index (χ1) is 7.59. The molecule has 0 radical (unpaired) electrons. The van der Waals surface area contributed by atoms with Crippen molar-refractivity contribution in [3.05, 3.63) is 34.1 Å². The zero-order valence-corrected chi connectivity index (χ0v) is 10.4. The Kier molecular flexibility index (Phi) is 2.97. The van der Waals surface area contributed by atoms with Crippen molar-refractivity contribution < 1.29 is 5.11 Å². The maximum Gasteiger partial charge on any atom is 0.154 e. The number of aliphatic hydroxyl groups is 1. The van der Waals surface area contributed by atoms with Crippen molar-refractivity contribution in [2.24, 2.45) is 7.05 Å². The summed E-state index contributed by atoms with van der Waals surface area (Å²) in [7, 11) is 1.71. The van der Waals surface area contributed by atoms with E-state index < -0.39 is 6.10 Å². The first-order valence-electron chi connectivity index (χ1n) is 4.61. The summed E-state index contributed by atoms with van der Waals surface area (Å²) in [6.07, 6.45) is 2.26. The minimum absolute atomic E-state index is 0.469. The van der Waals surface area contributed by atoms with Crippen molar-refractivity contribution in [3.63, 3.8) is 0 Å². The van der Waals surface area contributed by atoms with Gasteiger partial charge in [-0.05, 0) is 22.9 Å². The largest absolute Gasteiger partial charge is 0.380 e. The molecule has 0 spiro atoms. The fraction of sp³-hybridized carbons (Fsp3) is 0.333. The normalized spacial score (nSPS) is 12.8. The topological polar surface area (TPSA) is 76.7 Å². The summed E-state index contributed by atoms with van der Waals surface area (Å²) in [5.74, 6) is 0. The van der Waals surface area contributed by atoms with Crippen LogP contribution in [0.15, 0.2) is 17.0 Å². The van der Waals surface area contributed by atoms with Crippen LogP contribution in [0, 0.1) is 6.92 Å². The van der Waals surface area contributed by atoms with Gasteiger partial charge in [-0.25, -0.2) is 4.68 Å². The van der Waals surface area contributed by atoms with Gasteiger partial charge in [0.05, 0.1) is 17.6 Å². The Morgan fingerprint density at radius 3 is 2.62 bits per heavy atom. The van der Waals surface area contributed by atoms with E-state index >= 15 is 0 Å². The average Bonchev–Trinajstić information content (AvgIpc) is 2.59.